The van der Waals surface area contributed by atoms with Crippen molar-refractivity contribution in [3.05, 3.63) is 35.7 Å². The van der Waals surface area contributed by atoms with E-state index in [1.807, 2.05) is 24.3 Å². The third kappa shape index (κ3) is 3.21. The molecule has 4 atom stereocenters. The Morgan fingerprint density at radius 1 is 1.08 bits per heavy atom. The fourth-order valence-corrected chi connectivity index (χ4v) is 2.70. The van der Waals surface area contributed by atoms with E-state index in [1.54, 1.807) is 0 Å². The lowest BCUT2D eigenvalue weighted by Crippen LogP contribution is -2.49. The fraction of sp³-hybridized carbons (Fsp3) is 0.529. The molecule has 2 heterocycles. The molecule has 1 aromatic carbocycles. The molecule has 130 valence electrons. The van der Waals surface area contributed by atoms with E-state index in [0.717, 1.165) is 5.56 Å². The van der Waals surface area contributed by atoms with Gasteiger partial charge in [-0.25, -0.2) is 4.98 Å². The Balaban J connectivity index is 1.81. The number of nitrogens with one attached hydrogen (secondary N) is 1. The Bertz CT molecular complexity index is 693. The van der Waals surface area contributed by atoms with Gasteiger partial charge >= 0.3 is 0 Å². The van der Waals surface area contributed by atoms with Crippen LogP contribution in [0, 0.1) is 0 Å². The maximum atomic E-state index is 10.0. The third-order valence-corrected chi connectivity index (χ3v) is 4.28. The van der Waals surface area contributed by atoms with E-state index in [0.29, 0.717) is 11.6 Å². The number of hydrogen-bond donors (Lipinski definition) is 4. The number of rotatable bonds is 2. The van der Waals surface area contributed by atoms with Gasteiger partial charge in [-0.15, -0.1) is 0 Å². The maximum Gasteiger partial charge on any atom is 0.181 e. The van der Waals surface area contributed by atoms with Gasteiger partial charge in [0.05, 0.1) is 6.61 Å². The van der Waals surface area contributed by atoms with Gasteiger partial charge in [0.15, 0.2) is 11.6 Å². The molecule has 1 aliphatic rings. The molecule has 4 N–H and O–H groups in total. The monoisotopic (exact) mass is 333 g/mol. The summed E-state index contributed by atoms with van der Waals surface area (Å²) in [5.74, 6) is 0.810. The van der Waals surface area contributed by atoms with Gasteiger partial charge < -0.3 is 20.1 Å². The highest BCUT2D eigenvalue weighted by Gasteiger charge is 2.40. The summed E-state index contributed by atoms with van der Waals surface area (Å²) < 4.78 is 5.38. The normalized spacial score (nSPS) is 28.1. The molecule has 0 spiro atoms. The predicted octanol–water partition coefficient (Wildman–Crippen LogP) is 0.923. The van der Waals surface area contributed by atoms with Crippen molar-refractivity contribution >= 4 is 0 Å². The second-order valence-corrected chi connectivity index (χ2v) is 7.17. The second kappa shape index (κ2) is 6.25. The molecule has 0 radical (unpaired) electrons. The molecule has 0 bridgehead atoms. The van der Waals surface area contributed by atoms with Crippen molar-refractivity contribution in [1.82, 2.24) is 15.2 Å². The van der Waals surface area contributed by atoms with Crippen LogP contribution >= 0.6 is 0 Å². The molecule has 0 unspecified atom stereocenters. The molecule has 0 saturated carbocycles. The van der Waals surface area contributed by atoms with Crippen molar-refractivity contribution in [1.29, 1.82) is 0 Å². The summed E-state index contributed by atoms with van der Waals surface area (Å²) >= 11 is 0. The zero-order valence-electron chi connectivity index (χ0n) is 14.0. The Labute approximate surface area is 140 Å². The van der Waals surface area contributed by atoms with E-state index in [1.165, 1.54) is 5.56 Å². The summed E-state index contributed by atoms with van der Waals surface area (Å²) in [7, 11) is 0. The molecule has 24 heavy (non-hydrogen) atoms. The van der Waals surface area contributed by atoms with Crippen LogP contribution in [0.3, 0.4) is 0 Å². The Morgan fingerprint density at radius 3 is 2.38 bits per heavy atom. The van der Waals surface area contributed by atoms with E-state index >= 15 is 0 Å². The summed E-state index contributed by atoms with van der Waals surface area (Å²) in [6.07, 6.45) is -4.50. The zero-order valence-corrected chi connectivity index (χ0v) is 14.0. The number of aliphatic hydroxyl groups is 3. The van der Waals surface area contributed by atoms with E-state index in [9.17, 15) is 15.3 Å². The van der Waals surface area contributed by atoms with E-state index in [2.05, 4.69) is 36.0 Å². The lowest BCUT2D eigenvalue weighted by atomic mass is 9.87. The minimum Gasteiger partial charge on any atom is -0.388 e. The van der Waals surface area contributed by atoms with Crippen LogP contribution in [0.15, 0.2) is 24.3 Å². The van der Waals surface area contributed by atoms with Crippen LogP contribution in [0.2, 0.25) is 0 Å². The van der Waals surface area contributed by atoms with E-state index < -0.39 is 24.4 Å². The molecule has 3 rings (SSSR count). The molecule has 7 heteroatoms. The van der Waals surface area contributed by atoms with Gasteiger partial charge in [-0.2, -0.15) is 5.10 Å². The lowest BCUT2D eigenvalue weighted by Gasteiger charge is -2.33. The van der Waals surface area contributed by atoms with Crippen LogP contribution in [0.25, 0.3) is 11.4 Å². The van der Waals surface area contributed by atoms with Crippen molar-refractivity contribution in [2.75, 3.05) is 6.61 Å². The van der Waals surface area contributed by atoms with Gasteiger partial charge in [0.1, 0.15) is 24.4 Å². The highest BCUT2D eigenvalue weighted by atomic mass is 16.5. The van der Waals surface area contributed by atoms with Crippen LogP contribution in [0.1, 0.15) is 38.3 Å². The van der Waals surface area contributed by atoms with E-state index in [4.69, 9.17) is 4.74 Å². The van der Waals surface area contributed by atoms with Crippen molar-refractivity contribution in [2.24, 2.45) is 0 Å². The predicted molar refractivity (Wildman–Crippen MR) is 87.2 cm³/mol. The smallest absolute Gasteiger partial charge is 0.181 e. The molecule has 0 aliphatic carbocycles. The van der Waals surface area contributed by atoms with Gasteiger partial charge in [-0.3, -0.25) is 5.10 Å². The van der Waals surface area contributed by atoms with Crippen LogP contribution in [0.4, 0.5) is 0 Å². The van der Waals surface area contributed by atoms with Crippen molar-refractivity contribution < 1.29 is 20.1 Å². The summed E-state index contributed by atoms with van der Waals surface area (Å²) in [6, 6.07) is 7.98. The topological polar surface area (TPSA) is 111 Å². The third-order valence-electron chi connectivity index (χ3n) is 4.28. The molecule has 0 amide bonds. The SMILES string of the molecule is CC(C)(C)c1ccc(-c2n[nH]c([C@@H]3OC[C@@H](O)[C@H](O)[C@H]3O)n2)cc1. The summed E-state index contributed by atoms with van der Waals surface area (Å²) in [4.78, 5) is 4.36. The van der Waals surface area contributed by atoms with E-state index in [-0.39, 0.29) is 12.0 Å². The first-order valence-corrected chi connectivity index (χ1v) is 7.96. The van der Waals surface area contributed by atoms with Gasteiger partial charge in [0, 0.05) is 5.56 Å². The minimum absolute atomic E-state index is 0.0692. The lowest BCUT2D eigenvalue weighted by molar-refractivity contribution is -0.191. The number of aromatic amines is 1. The molecular formula is C17H23N3O4. The van der Waals surface area contributed by atoms with Crippen LogP contribution < -0.4 is 0 Å². The van der Waals surface area contributed by atoms with Crippen molar-refractivity contribution in [2.45, 2.75) is 50.6 Å². The largest absolute Gasteiger partial charge is 0.388 e. The second-order valence-electron chi connectivity index (χ2n) is 7.17. The van der Waals surface area contributed by atoms with Gasteiger partial charge in [0.2, 0.25) is 0 Å². The van der Waals surface area contributed by atoms with Gasteiger partial charge in [-0.05, 0) is 11.0 Å². The first-order valence-electron chi connectivity index (χ1n) is 7.96. The first kappa shape index (κ1) is 17.0. The average molecular weight is 333 g/mol. The quantitative estimate of drug-likeness (QED) is 0.650. The minimum atomic E-state index is -1.27. The van der Waals surface area contributed by atoms with Crippen LogP contribution in [-0.4, -0.2) is 55.4 Å². The highest BCUT2D eigenvalue weighted by molar-refractivity contribution is 5.55. The molecule has 1 aliphatic heterocycles. The van der Waals surface area contributed by atoms with Gasteiger partial charge in [0.25, 0.3) is 0 Å². The Morgan fingerprint density at radius 2 is 1.75 bits per heavy atom. The molecule has 2 aromatic rings. The molecule has 1 saturated heterocycles. The number of nitrogens with zero attached hydrogens (tertiary/aromatic N) is 2. The molecular weight excluding hydrogens is 310 g/mol. The van der Waals surface area contributed by atoms with Crippen molar-refractivity contribution in [3.63, 3.8) is 0 Å². The van der Waals surface area contributed by atoms with Crippen LogP contribution in [-0.2, 0) is 10.2 Å². The highest BCUT2D eigenvalue weighted by Crippen LogP contribution is 2.29. The molecule has 1 aromatic heterocycles. The number of hydrogen-bond acceptors (Lipinski definition) is 6. The number of aliphatic hydroxyl groups excluding tert-OH is 3. The Kier molecular flexibility index (Phi) is 4.44. The number of aromatic nitrogens is 3. The number of H-pyrrole nitrogens is 1. The van der Waals surface area contributed by atoms with Gasteiger partial charge in [-0.1, -0.05) is 45.0 Å². The maximum absolute atomic E-state index is 10.0. The standard InChI is InChI=1S/C17H23N3O4/c1-17(2,3)10-6-4-9(5-7-10)15-18-16(20-19-15)14-13(23)12(22)11(21)8-24-14/h4-7,11-14,21-23H,8H2,1-3H3,(H,18,19,20)/t11-,12+,13-,14-/m1/s1. The summed E-state index contributed by atoms with van der Waals surface area (Å²) in [5.41, 5.74) is 2.13. The zero-order chi connectivity index (χ0) is 17.5. The summed E-state index contributed by atoms with van der Waals surface area (Å²) in [5, 5.41) is 36.2. The fourth-order valence-electron chi connectivity index (χ4n) is 2.70. The van der Waals surface area contributed by atoms with Crippen LogP contribution in [0.5, 0.6) is 0 Å². The average Bonchev–Trinajstić information content (AvgIpc) is 3.02. The molecule has 7 nitrogen and oxygen atoms in total. The Hall–Kier alpha value is -1.80. The number of benzene rings is 1. The van der Waals surface area contributed by atoms with Crippen molar-refractivity contribution in [3.8, 4) is 11.4 Å². The summed E-state index contributed by atoms with van der Waals surface area (Å²) in [6.45, 7) is 6.37. The first-order chi connectivity index (χ1) is 11.3. The number of ether oxygens (including phenoxy) is 1. The molecule has 1 fully saturated rings.